The first kappa shape index (κ1) is 22.1. The highest BCUT2D eigenvalue weighted by atomic mass is 35.5. The van der Waals surface area contributed by atoms with Gasteiger partial charge < -0.3 is 15.7 Å². The van der Waals surface area contributed by atoms with Crippen molar-refractivity contribution in [3.05, 3.63) is 59.7 Å². The van der Waals surface area contributed by atoms with E-state index in [1.165, 1.54) is 6.92 Å². The van der Waals surface area contributed by atoms with Crippen LogP contribution in [0.3, 0.4) is 0 Å². The van der Waals surface area contributed by atoms with Gasteiger partial charge in [-0.2, -0.15) is 0 Å². The third kappa shape index (κ3) is 6.19. The minimum absolute atomic E-state index is 0.104. The van der Waals surface area contributed by atoms with Crippen molar-refractivity contribution in [2.45, 2.75) is 30.5 Å². The number of rotatable bonds is 8. The Bertz CT molecular complexity index is 815. The minimum atomic E-state index is -1.34. The maximum atomic E-state index is 13.2. The smallest absolute Gasteiger partial charge is 0.253 e. The SMILES string of the molecule is CC(=O)NCc1cccc(-c2ccc([C@@H](O)[C@@H](CF)NC(=O)C(Cl)Cl)cc2)c1. The topological polar surface area (TPSA) is 78.4 Å². The van der Waals surface area contributed by atoms with Crippen molar-refractivity contribution >= 4 is 35.0 Å². The van der Waals surface area contributed by atoms with Crippen molar-refractivity contribution in [2.75, 3.05) is 6.67 Å². The Balaban J connectivity index is 2.13. The normalized spacial score (nSPS) is 13.1. The lowest BCUT2D eigenvalue weighted by Crippen LogP contribution is -2.43. The highest BCUT2D eigenvalue weighted by molar-refractivity contribution is 6.53. The Morgan fingerprint density at radius 3 is 2.36 bits per heavy atom. The number of nitrogens with one attached hydrogen (secondary N) is 2. The van der Waals surface area contributed by atoms with Crippen LogP contribution < -0.4 is 10.6 Å². The van der Waals surface area contributed by atoms with Gasteiger partial charge in [0.05, 0.1) is 6.04 Å². The second-order valence-corrected chi connectivity index (χ2v) is 7.34. The Hall–Kier alpha value is -2.15. The van der Waals surface area contributed by atoms with E-state index in [-0.39, 0.29) is 5.91 Å². The van der Waals surface area contributed by atoms with Gasteiger partial charge in [0.2, 0.25) is 5.91 Å². The van der Waals surface area contributed by atoms with Crippen LogP contribution in [0, 0.1) is 0 Å². The lowest BCUT2D eigenvalue weighted by Gasteiger charge is -2.22. The quantitative estimate of drug-likeness (QED) is 0.566. The molecule has 0 aromatic heterocycles. The predicted octanol–water partition coefficient (Wildman–Crippen LogP) is 3.28. The molecule has 0 aliphatic heterocycles. The maximum absolute atomic E-state index is 13.2. The average Bonchev–Trinajstić information content (AvgIpc) is 2.70. The fourth-order valence-electron chi connectivity index (χ4n) is 2.64. The summed E-state index contributed by atoms with van der Waals surface area (Å²) in [5.74, 6) is -0.870. The molecule has 28 heavy (non-hydrogen) atoms. The van der Waals surface area contributed by atoms with Gasteiger partial charge in [-0.15, -0.1) is 0 Å². The summed E-state index contributed by atoms with van der Waals surface area (Å²) in [5, 5.41) is 15.4. The summed E-state index contributed by atoms with van der Waals surface area (Å²) >= 11 is 10.9. The molecule has 0 saturated heterocycles. The molecule has 2 rings (SSSR count). The number of halogens is 3. The van der Waals surface area contributed by atoms with Crippen molar-refractivity contribution in [1.29, 1.82) is 0 Å². The fourth-order valence-corrected chi connectivity index (χ4v) is 2.77. The number of aliphatic hydroxyl groups excluding tert-OH is 1. The molecule has 8 heteroatoms. The number of hydrogen-bond acceptors (Lipinski definition) is 3. The van der Waals surface area contributed by atoms with Gasteiger partial charge in [0.15, 0.2) is 4.84 Å². The number of carbonyl (C=O) groups excluding carboxylic acids is 2. The fraction of sp³-hybridized carbons (Fsp3) is 0.300. The Morgan fingerprint density at radius 2 is 1.79 bits per heavy atom. The van der Waals surface area contributed by atoms with Gasteiger partial charge in [0.25, 0.3) is 5.91 Å². The van der Waals surface area contributed by atoms with Crippen molar-refractivity contribution in [2.24, 2.45) is 0 Å². The van der Waals surface area contributed by atoms with Crippen LogP contribution in [0.4, 0.5) is 4.39 Å². The Kier molecular flexibility index (Phi) is 8.23. The van der Waals surface area contributed by atoms with Crippen LogP contribution >= 0.6 is 23.2 Å². The highest BCUT2D eigenvalue weighted by Crippen LogP contribution is 2.25. The van der Waals surface area contributed by atoms with Gasteiger partial charge in [0.1, 0.15) is 12.8 Å². The molecule has 0 spiro atoms. The van der Waals surface area contributed by atoms with Gasteiger partial charge in [-0.3, -0.25) is 9.59 Å². The predicted molar refractivity (Wildman–Crippen MR) is 108 cm³/mol. The maximum Gasteiger partial charge on any atom is 0.253 e. The number of benzene rings is 2. The van der Waals surface area contributed by atoms with Crippen molar-refractivity contribution < 1.29 is 19.1 Å². The molecule has 2 aromatic rings. The van der Waals surface area contributed by atoms with E-state index in [0.717, 1.165) is 16.7 Å². The molecular weight excluding hydrogens is 406 g/mol. The van der Waals surface area contributed by atoms with Crippen LogP contribution in [0.25, 0.3) is 11.1 Å². The van der Waals surface area contributed by atoms with E-state index in [2.05, 4.69) is 10.6 Å². The van der Waals surface area contributed by atoms with E-state index in [1.807, 2.05) is 24.3 Å². The second kappa shape index (κ2) is 10.4. The van der Waals surface area contributed by atoms with Crippen LogP contribution in [-0.2, 0) is 16.1 Å². The number of amides is 2. The van der Waals surface area contributed by atoms with E-state index in [9.17, 15) is 19.1 Å². The first-order chi connectivity index (χ1) is 13.3. The molecular formula is C20H21Cl2FN2O3. The lowest BCUT2D eigenvalue weighted by atomic mass is 9.98. The van der Waals surface area contributed by atoms with Gasteiger partial charge in [-0.05, 0) is 28.3 Å². The molecule has 0 heterocycles. The van der Waals surface area contributed by atoms with Crippen LogP contribution in [0.15, 0.2) is 48.5 Å². The zero-order chi connectivity index (χ0) is 20.7. The van der Waals surface area contributed by atoms with Crippen LogP contribution in [0.5, 0.6) is 0 Å². The number of alkyl halides is 3. The largest absolute Gasteiger partial charge is 0.386 e. The van der Waals surface area contributed by atoms with E-state index >= 15 is 0 Å². The molecule has 0 fully saturated rings. The van der Waals surface area contributed by atoms with Crippen LogP contribution in [-0.4, -0.2) is 34.5 Å². The van der Waals surface area contributed by atoms with Crippen molar-refractivity contribution in [3.8, 4) is 11.1 Å². The zero-order valence-electron chi connectivity index (χ0n) is 15.2. The number of carbonyl (C=O) groups is 2. The molecule has 2 atom stereocenters. The van der Waals surface area contributed by atoms with E-state index in [1.54, 1.807) is 24.3 Å². The zero-order valence-corrected chi connectivity index (χ0v) is 16.7. The third-order valence-corrected chi connectivity index (χ3v) is 4.52. The molecule has 0 bridgehead atoms. The van der Waals surface area contributed by atoms with E-state index < -0.39 is 29.6 Å². The Morgan fingerprint density at radius 1 is 1.11 bits per heavy atom. The molecule has 0 saturated carbocycles. The molecule has 150 valence electrons. The summed E-state index contributed by atoms with van der Waals surface area (Å²) in [6.45, 7) is 0.918. The molecule has 0 aliphatic rings. The van der Waals surface area contributed by atoms with Gasteiger partial charge in [0, 0.05) is 13.5 Å². The Labute approximate surface area is 172 Å². The van der Waals surface area contributed by atoms with Crippen molar-refractivity contribution in [1.82, 2.24) is 10.6 Å². The molecule has 0 radical (unpaired) electrons. The first-order valence-electron chi connectivity index (χ1n) is 8.58. The molecule has 5 nitrogen and oxygen atoms in total. The minimum Gasteiger partial charge on any atom is -0.386 e. The van der Waals surface area contributed by atoms with Crippen LogP contribution in [0.2, 0.25) is 0 Å². The summed E-state index contributed by atoms with van der Waals surface area (Å²) in [6.07, 6.45) is -1.25. The van der Waals surface area contributed by atoms with Gasteiger partial charge in [-0.1, -0.05) is 65.7 Å². The monoisotopic (exact) mass is 426 g/mol. The second-order valence-electron chi connectivity index (χ2n) is 6.25. The lowest BCUT2D eigenvalue weighted by molar-refractivity contribution is -0.121. The summed E-state index contributed by atoms with van der Waals surface area (Å²) in [5.41, 5.74) is 3.23. The molecule has 2 aromatic carbocycles. The van der Waals surface area contributed by atoms with Gasteiger partial charge in [-0.25, -0.2) is 4.39 Å². The molecule has 3 N–H and O–H groups in total. The number of aliphatic hydroxyl groups is 1. The molecule has 2 amide bonds. The van der Waals surface area contributed by atoms with E-state index in [4.69, 9.17) is 23.2 Å². The summed E-state index contributed by atoms with van der Waals surface area (Å²) in [4.78, 5) is 21.3. The third-order valence-electron chi connectivity index (χ3n) is 4.13. The van der Waals surface area contributed by atoms with Crippen LogP contribution in [0.1, 0.15) is 24.2 Å². The summed E-state index contributed by atoms with van der Waals surface area (Å²) in [6, 6.07) is 13.4. The standard InChI is InChI=1S/C20H21Cl2FN2O3/c1-12(26)24-11-13-3-2-4-16(9-13)14-5-7-15(8-6-14)18(27)17(10-23)25-20(28)19(21)22/h2-9,17-19,27H,10-11H2,1H3,(H,24,26)(H,25,28)/t17-,18-/m1/s1. The first-order valence-corrected chi connectivity index (χ1v) is 9.45. The average molecular weight is 427 g/mol. The van der Waals surface area contributed by atoms with Crippen molar-refractivity contribution in [3.63, 3.8) is 0 Å². The summed E-state index contributed by atoms with van der Waals surface area (Å²) in [7, 11) is 0. The molecule has 0 unspecified atom stereocenters. The molecule has 0 aliphatic carbocycles. The van der Waals surface area contributed by atoms with E-state index in [0.29, 0.717) is 12.1 Å². The van der Waals surface area contributed by atoms with Gasteiger partial charge >= 0.3 is 0 Å². The number of hydrogen-bond donors (Lipinski definition) is 3. The summed E-state index contributed by atoms with van der Waals surface area (Å²) < 4.78 is 13.2. The highest BCUT2D eigenvalue weighted by Gasteiger charge is 2.25.